The van der Waals surface area contributed by atoms with Crippen molar-refractivity contribution in [3.8, 4) is 11.4 Å². The maximum atomic E-state index is 13.4. The largest absolute Gasteiger partial charge is 0.326 e. The van der Waals surface area contributed by atoms with Crippen molar-refractivity contribution in [3.63, 3.8) is 0 Å². The predicted molar refractivity (Wildman–Crippen MR) is 95.3 cm³/mol. The molecule has 136 valence electrons. The highest BCUT2D eigenvalue weighted by atomic mass is 19.1. The van der Waals surface area contributed by atoms with Crippen LogP contribution in [0.4, 0.5) is 15.8 Å². The number of carbonyl (C=O) groups is 2. The molecule has 0 aliphatic carbocycles. The summed E-state index contributed by atoms with van der Waals surface area (Å²) < 4.78 is 15.0. The van der Waals surface area contributed by atoms with Crippen molar-refractivity contribution >= 4 is 23.2 Å². The van der Waals surface area contributed by atoms with Crippen LogP contribution in [0.15, 0.2) is 42.5 Å². The molecule has 1 aliphatic heterocycles. The van der Waals surface area contributed by atoms with Gasteiger partial charge in [0.2, 0.25) is 11.8 Å². The first-order valence-corrected chi connectivity index (χ1v) is 8.24. The molecule has 4 rings (SSSR count). The lowest BCUT2D eigenvalue weighted by molar-refractivity contribution is -0.123. The maximum Gasteiger partial charge on any atom is 0.232 e. The molecule has 0 saturated carbocycles. The third kappa shape index (κ3) is 3.26. The first kappa shape index (κ1) is 16.8. The van der Waals surface area contributed by atoms with Gasteiger partial charge in [0.05, 0.1) is 5.92 Å². The lowest BCUT2D eigenvalue weighted by atomic mass is 9.89. The summed E-state index contributed by atoms with van der Waals surface area (Å²) in [7, 11) is 1.72. The van der Waals surface area contributed by atoms with Crippen molar-refractivity contribution in [2.75, 3.05) is 10.6 Å². The van der Waals surface area contributed by atoms with Crippen LogP contribution in [0, 0.1) is 5.82 Å². The number of benzene rings is 2. The van der Waals surface area contributed by atoms with Crippen LogP contribution >= 0.6 is 0 Å². The Bertz CT molecular complexity index is 1050. The summed E-state index contributed by atoms with van der Waals surface area (Å²) >= 11 is 0. The van der Waals surface area contributed by atoms with Gasteiger partial charge < -0.3 is 10.6 Å². The highest BCUT2D eigenvalue weighted by Gasteiger charge is 2.31. The molecule has 0 fully saturated rings. The first-order valence-electron chi connectivity index (χ1n) is 8.24. The second-order valence-electron chi connectivity index (χ2n) is 6.23. The van der Waals surface area contributed by atoms with Crippen LogP contribution in [-0.4, -0.2) is 32.0 Å². The van der Waals surface area contributed by atoms with Gasteiger partial charge in [-0.05, 0) is 40.3 Å². The Hall–Kier alpha value is -3.62. The molecule has 2 amide bonds. The summed E-state index contributed by atoms with van der Waals surface area (Å²) in [6.07, 6.45) is -0.00262. The predicted octanol–water partition coefficient (Wildman–Crippen LogP) is 2.08. The summed E-state index contributed by atoms with van der Waals surface area (Å²) in [6.45, 7) is 0. The molecule has 9 heteroatoms. The number of hydrogen-bond acceptors (Lipinski definition) is 5. The summed E-state index contributed by atoms with van der Waals surface area (Å²) in [5, 5.41) is 16.8. The van der Waals surface area contributed by atoms with E-state index in [1.54, 1.807) is 25.2 Å². The van der Waals surface area contributed by atoms with Gasteiger partial charge in [0.25, 0.3) is 0 Å². The fraction of sp³-hybridized carbons (Fsp3) is 0.167. The zero-order chi connectivity index (χ0) is 19.0. The van der Waals surface area contributed by atoms with Gasteiger partial charge in [0.15, 0.2) is 5.82 Å². The van der Waals surface area contributed by atoms with E-state index < -0.39 is 11.7 Å². The number of aryl methyl sites for hydroxylation is 1. The Balaban J connectivity index is 1.60. The van der Waals surface area contributed by atoms with E-state index >= 15 is 0 Å². The number of carbonyl (C=O) groups excluding carboxylic acids is 2. The molecule has 27 heavy (non-hydrogen) atoms. The van der Waals surface area contributed by atoms with Crippen LogP contribution in [-0.2, 0) is 16.6 Å². The number of rotatable bonds is 3. The summed E-state index contributed by atoms with van der Waals surface area (Å²) in [6, 6.07) is 11.1. The van der Waals surface area contributed by atoms with Crippen LogP contribution in [0.5, 0.6) is 0 Å². The van der Waals surface area contributed by atoms with E-state index in [4.69, 9.17) is 0 Å². The van der Waals surface area contributed by atoms with Gasteiger partial charge in [-0.25, -0.2) is 9.07 Å². The van der Waals surface area contributed by atoms with Crippen molar-refractivity contribution in [3.05, 3.63) is 53.8 Å². The number of nitrogens with one attached hydrogen (secondary N) is 2. The third-order valence-electron chi connectivity index (χ3n) is 4.38. The molecule has 3 aromatic rings. The molecular formula is C18H15FN6O2. The zero-order valence-electron chi connectivity index (χ0n) is 14.3. The van der Waals surface area contributed by atoms with Crippen LogP contribution in [0.1, 0.15) is 17.9 Å². The zero-order valence-corrected chi connectivity index (χ0v) is 14.3. The van der Waals surface area contributed by atoms with E-state index in [1.807, 2.05) is 6.07 Å². The average Bonchev–Trinajstić information content (AvgIpc) is 3.07. The van der Waals surface area contributed by atoms with E-state index in [9.17, 15) is 14.0 Å². The fourth-order valence-corrected chi connectivity index (χ4v) is 3.11. The van der Waals surface area contributed by atoms with E-state index in [2.05, 4.69) is 26.2 Å². The lowest BCUT2D eigenvalue weighted by Crippen LogP contribution is -2.30. The van der Waals surface area contributed by atoms with Gasteiger partial charge in [0.1, 0.15) is 5.82 Å². The molecule has 0 saturated heterocycles. The molecule has 2 heterocycles. The number of fused-ring (bicyclic) bond motifs is 1. The topological polar surface area (TPSA) is 102 Å². The molecule has 2 aromatic carbocycles. The number of halogens is 1. The molecule has 0 bridgehead atoms. The number of amides is 2. The molecule has 0 radical (unpaired) electrons. The molecule has 1 unspecified atom stereocenters. The third-order valence-corrected chi connectivity index (χ3v) is 4.38. The van der Waals surface area contributed by atoms with Gasteiger partial charge in [-0.3, -0.25) is 9.59 Å². The summed E-state index contributed by atoms with van der Waals surface area (Å²) in [5.74, 6) is -1.28. The minimum absolute atomic E-state index is 0.00262. The second kappa shape index (κ2) is 6.60. The standard InChI is InChI=1S/C18H15FN6O2/c1-25-17(22-23-24-25)10-3-2-4-12(7-10)20-18(27)14-9-16(26)21-15-8-11(19)5-6-13(14)15/h2-8,14H,9H2,1H3,(H,20,27)(H,21,26). The number of hydrogen-bond donors (Lipinski definition) is 2. The molecule has 1 atom stereocenters. The Kier molecular flexibility index (Phi) is 4.11. The molecule has 8 nitrogen and oxygen atoms in total. The average molecular weight is 366 g/mol. The SMILES string of the molecule is Cn1nnnc1-c1cccc(NC(=O)C2CC(=O)Nc3cc(F)ccc32)c1. The van der Waals surface area contributed by atoms with E-state index in [-0.39, 0.29) is 18.2 Å². The van der Waals surface area contributed by atoms with Crippen molar-refractivity contribution < 1.29 is 14.0 Å². The first-order chi connectivity index (χ1) is 13.0. The van der Waals surface area contributed by atoms with Crippen LogP contribution in [0.3, 0.4) is 0 Å². The number of aromatic nitrogens is 4. The minimum Gasteiger partial charge on any atom is -0.326 e. The highest BCUT2D eigenvalue weighted by molar-refractivity contribution is 6.05. The van der Waals surface area contributed by atoms with E-state index in [1.165, 1.54) is 22.9 Å². The van der Waals surface area contributed by atoms with Gasteiger partial charge >= 0.3 is 0 Å². The summed E-state index contributed by atoms with van der Waals surface area (Å²) in [4.78, 5) is 24.7. The Morgan fingerprint density at radius 2 is 2.15 bits per heavy atom. The Labute approximate surface area is 153 Å². The molecule has 1 aromatic heterocycles. The lowest BCUT2D eigenvalue weighted by Gasteiger charge is -2.25. The molecular weight excluding hydrogens is 351 g/mol. The monoisotopic (exact) mass is 366 g/mol. The Morgan fingerprint density at radius 3 is 2.93 bits per heavy atom. The minimum atomic E-state index is -0.700. The Morgan fingerprint density at radius 1 is 1.30 bits per heavy atom. The van der Waals surface area contributed by atoms with Gasteiger partial charge in [-0.15, -0.1) is 5.10 Å². The van der Waals surface area contributed by atoms with Crippen LogP contribution in [0.2, 0.25) is 0 Å². The van der Waals surface area contributed by atoms with Crippen LogP contribution < -0.4 is 10.6 Å². The molecule has 1 aliphatic rings. The van der Waals surface area contributed by atoms with Gasteiger partial charge in [0, 0.05) is 30.4 Å². The second-order valence-corrected chi connectivity index (χ2v) is 6.23. The number of nitrogens with zero attached hydrogens (tertiary/aromatic N) is 4. The van der Waals surface area contributed by atoms with Gasteiger partial charge in [-0.2, -0.15) is 0 Å². The normalized spacial score (nSPS) is 15.8. The smallest absolute Gasteiger partial charge is 0.232 e. The highest BCUT2D eigenvalue weighted by Crippen LogP contribution is 2.33. The van der Waals surface area contributed by atoms with E-state index in [0.717, 1.165) is 5.56 Å². The molecule has 0 spiro atoms. The number of anilines is 2. The van der Waals surface area contributed by atoms with Crippen LogP contribution in [0.25, 0.3) is 11.4 Å². The number of tetrazole rings is 1. The fourth-order valence-electron chi connectivity index (χ4n) is 3.11. The maximum absolute atomic E-state index is 13.4. The molecule has 2 N–H and O–H groups in total. The van der Waals surface area contributed by atoms with Crippen molar-refractivity contribution in [1.82, 2.24) is 20.2 Å². The van der Waals surface area contributed by atoms with Crippen molar-refractivity contribution in [1.29, 1.82) is 0 Å². The van der Waals surface area contributed by atoms with Crippen molar-refractivity contribution in [2.24, 2.45) is 7.05 Å². The van der Waals surface area contributed by atoms with Gasteiger partial charge in [-0.1, -0.05) is 18.2 Å². The van der Waals surface area contributed by atoms with Crippen molar-refractivity contribution in [2.45, 2.75) is 12.3 Å². The summed E-state index contributed by atoms with van der Waals surface area (Å²) in [5.41, 5.74) is 2.20. The quantitative estimate of drug-likeness (QED) is 0.739. The van der Waals surface area contributed by atoms with E-state index in [0.29, 0.717) is 22.8 Å².